The highest BCUT2D eigenvalue weighted by atomic mass is 35.5. The summed E-state index contributed by atoms with van der Waals surface area (Å²) in [6.07, 6.45) is -12.2. The number of nitrogens with zero attached hydrogens (tertiary/aromatic N) is 5. The number of amides is 1. The highest BCUT2D eigenvalue weighted by molar-refractivity contribution is 7.89. The second kappa shape index (κ2) is 24.6. The third kappa shape index (κ3) is 18.4. The van der Waals surface area contributed by atoms with Crippen LogP contribution in [-0.4, -0.2) is 152 Å². The highest BCUT2D eigenvalue weighted by Crippen LogP contribution is 2.37. The number of aliphatic carboxylic acids is 3. The number of carboxylic acids is 3. The van der Waals surface area contributed by atoms with Crippen LogP contribution in [0.2, 0.25) is 10.0 Å². The van der Waals surface area contributed by atoms with Crippen molar-refractivity contribution >= 4 is 73.9 Å². The minimum atomic E-state index is -5.19. The Labute approximate surface area is 405 Å². The Morgan fingerprint density at radius 3 is 1.86 bits per heavy atom. The minimum absolute atomic E-state index is 0.0500. The number of sulfonamides is 1. The third-order valence-electron chi connectivity index (χ3n) is 10.0. The molecule has 17 nitrogen and oxygen atoms in total. The number of piperazine rings is 1. The first kappa shape index (κ1) is 60.7. The van der Waals surface area contributed by atoms with Crippen molar-refractivity contribution in [2.45, 2.75) is 81.5 Å². The van der Waals surface area contributed by atoms with E-state index in [0.29, 0.717) is 68.4 Å². The van der Waals surface area contributed by atoms with Crippen molar-refractivity contribution in [1.29, 1.82) is 0 Å². The summed E-state index contributed by atoms with van der Waals surface area (Å²) in [4.78, 5) is 53.4. The van der Waals surface area contributed by atoms with Crippen LogP contribution in [0.15, 0.2) is 46.3 Å². The molecular weight excluding hydrogens is 1020 g/mol. The third-order valence-corrected chi connectivity index (χ3v) is 12.5. The maximum atomic E-state index is 14.1. The minimum Gasteiger partial charge on any atom is -0.542 e. The highest BCUT2D eigenvalue weighted by Gasteiger charge is 2.47. The fourth-order valence-corrected chi connectivity index (χ4v) is 8.97. The van der Waals surface area contributed by atoms with E-state index in [2.05, 4.69) is 35.8 Å². The molecule has 1 saturated carbocycles. The number of rotatable bonds is 11. The lowest BCUT2D eigenvalue weighted by Crippen LogP contribution is -2.62. The number of alkyl halides is 9. The first-order valence-corrected chi connectivity index (χ1v) is 22.7. The number of carbonyl (C=O) groups is 4. The number of nitrogens with one attached hydrogen (secondary N) is 1. The van der Waals surface area contributed by atoms with Crippen LogP contribution < -0.4 is 20.3 Å². The van der Waals surface area contributed by atoms with Gasteiger partial charge in [0.2, 0.25) is 15.9 Å². The Balaban J connectivity index is 0.000000665. The zero-order valence-corrected chi connectivity index (χ0v) is 40.3. The molecule has 5 N–H and O–H groups in total. The molecular formula is C41H50Cl2F9N7O10S. The number of fused-ring (bicyclic) bond motifs is 1. The predicted molar refractivity (Wildman–Crippen MR) is 234 cm³/mol. The molecule has 2 aliphatic rings. The van der Waals surface area contributed by atoms with Gasteiger partial charge in [-0.15, -0.1) is 0 Å². The van der Waals surface area contributed by atoms with Gasteiger partial charge in [-0.1, -0.05) is 48.2 Å². The Hall–Kier alpha value is -5.38. The van der Waals surface area contributed by atoms with E-state index in [1.807, 2.05) is 43.0 Å². The lowest BCUT2D eigenvalue weighted by Gasteiger charge is -2.40. The SMILES string of the molecule is Cc1cc(C)c2cccc(OCc3c(Cl)ccc(S(=O)(=O)NC4(C(=O)N5CCN(C(N)=NCCC[N+](C)(C)C)CC5)CCCC4)c3Cl)c2n1.O=C(O)C(F)(F)F.O=C(O)C(F)(F)F.O=C([O-])C(F)(F)F. The van der Waals surface area contributed by atoms with Gasteiger partial charge in [-0.05, 0) is 56.5 Å². The zero-order valence-electron chi connectivity index (χ0n) is 38.0. The van der Waals surface area contributed by atoms with Gasteiger partial charge in [-0.3, -0.25) is 9.79 Å². The van der Waals surface area contributed by atoms with Gasteiger partial charge in [-0.2, -0.15) is 44.2 Å². The molecule has 1 aromatic heterocycles. The molecule has 2 heterocycles. The lowest BCUT2D eigenvalue weighted by molar-refractivity contribution is -0.870. The Morgan fingerprint density at radius 2 is 1.39 bits per heavy atom. The number of benzene rings is 2. The molecule has 392 valence electrons. The summed E-state index contributed by atoms with van der Waals surface area (Å²) in [6.45, 7) is 7.38. The van der Waals surface area contributed by atoms with Crippen LogP contribution in [-0.2, 0) is 35.8 Å². The summed E-state index contributed by atoms with van der Waals surface area (Å²) in [5, 5.41) is 24.2. The van der Waals surface area contributed by atoms with Crippen molar-refractivity contribution in [2.24, 2.45) is 10.7 Å². The van der Waals surface area contributed by atoms with Crippen LogP contribution in [0.3, 0.4) is 0 Å². The van der Waals surface area contributed by atoms with E-state index < -0.39 is 52.0 Å². The number of pyridine rings is 1. The van der Waals surface area contributed by atoms with E-state index in [1.165, 1.54) is 12.1 Å². The smallest absolute Gasteiger partial charge is 0.490 e. The number of ether oxygens (including phenoxy) is 1. The second-order valence-electron chi connectivity index (χ2n) is 16.5. The standard InChI is InChI=1S/C35H48Cl2N7O4S.3C2HF3O2/c1-24-22-25(2)40-32-26(24)10-8-11-29(32)48-23-27-28(36)12-13-30(31(27)37)49(46,47)41-35(14-6-7-15-35)33(45)42-17-19-43(20-18-42)34(38)39-16-9-21-44(3,4)5;3*3-2(4,5)1(6)7/h8,10-13,22,41H,6-7,9,14-21,23H2,1-5H3,(H2,38,39);3*(H,6,7)/q+1;;;/p-1. The second-order valence-corrected chi connectivity index (χ2v) is 19.0. The van der Waals surface area contributed by atoms with Gasteiger partial charge >= 0.3 is 30.5 Å². The molecule has 0 spiro atoms. The Morgan fingerprint density at radius 1 is 0.886 bits per heavy atom. The van der Waals surface area contributed by atoms with E-state index in [1.54, 1.807) is 4.90 Å². The van der Waals surface area contributed by atoms with Crippen LogP contribution in [0, 0.1) is 13.8 Å². The topological polar surface area (TPSA) is 245 Å². The normalized spacial score (nSPS) is 15.4. The summed E-state index contributed by atoms with van der Waals surface area (Å²) in [6, 6.07) is 10.5. The number of hydrogen-bond donors (Lipinski definition) is 4. The number of carbonyl (C=O) groups excluding carboxylic acids is 2. The quantitative estimate of drug-likeness (QED) is 0.0615. The molecule has 1 aliphatic heterocycles. The molecule has 1 aliphatic carbocycles. The van der Waals surface area contributed by atoms with Crippen LogP contribution >= 0.6 is 23.2 Å². The summed E-state index contributed by atoms with van der Waals surface area (Å²) in [5.74, 6) is -7.74. The number of nitrogens with two attached hydrogens (primary N) is 1. The Kier molecular flexibility index (Phi) is 21.4. The van der Waals surface area contributed by atoms with E-state index in [4.69, 9.17) is 63.4 Å². The van der Waals surface area contributed by atoms with E-state index in [-0.39, 0.29) is 27.5 Å². The summed E-state index contributed by atoms with van der Waals surface area (Å²) in [5.41, 5.74) is 7.97. The van der Waals surface area contributed by atoms with Crippen LogP contribution in [0.5, 0.6) is 5.75 Å². The van der Waals surface area contributed by atoms with Gasteiger partial charge in [0, 0.05) is 60.8 Å². The fraction of sp³-hybridized carbons (Fsp3) is 0.512. The molecule has 29 heteroatoms. The number of quaternary nitrogens is 1. The molecule has 0 radical (unpaired) electrons. The summed E-state index contributed by atoms with van der Waals surface area (Å²) < 4.78 is 133. The molecule has 2 aromatic carbocycles. The monoisotopic (exact) mass is 1070 g/mol. The van der Waals surface area contributed by atoms with Crippen molar-refractivity contribution in [3.63, 3.8) is 0 Å². The molecule has 2 fully saturated rings. The number of carboxylic acid groups (broad SMARTS) is 3. The maximum Gasteiger partial charge on any atom is 0.490 e. The molecule has 3 aromatic rings. The first-order chi connectivity index (χ1) is 31.9. The molecule has 0 atom stereocenters. The van der Waals surface area contributed by atoms with Crippen molar-refractivity contribution < 1.29 is 91.6 Å². The van der Waals surface area contributed by atoms with Gasteiger partial charge in [0.15, 0.2) is 5.96 Å². The van der Waals surface area contributed by atoms with Crippen molar-refractivity contribution in [3.05, 3.63) is 63.3 Å². The Bertz CT molecular complexity index is 2420. The number of para-hydroxylation sites is 1. The van der Waals surface area contributed by atoms with Gasteiger partial charge in [0.25, 0.3) is 0 Å². The lowest BCUT2D eigenvalue weighted by atomic mass is 9.96. The number of aryl methyl sites for hydroxylation is 2. The van der Waals surface area contributed by atoms with Crippen molar-refractivity contribution in [2.75, 3.05) is 60.4 Å². The average Bonchev–Trinajstić information content (AvgIpc) is 3.70. The number of aliphatic imine (C=N–C) groups is 1. The van der Waals surface area contributed by atoms with E-state index in [9.17, 15) is 52.7 Å². The molecule has 1 amide bonds. The predicted octanol–water partition coefficient (Wildman–Crippen LogP) is 5.45. The fourth-order valence-electron chi connectivity index (χ4n) is 6.67. The molecule has 0 unspecified atom stereocenters. The van der Waals surface area contributed by atoms with Crippen LogP contribution in [0.4, 0.5) is 39.5 Å². The van der Waals surface area contributed by atoms with E-state index >= 15 is 0 Å². The summed E-state index contributed by atoms with van der Waals surface area (Å²) >= 11 is 13.3. The van der Waals surface area contributed by atoms with E-state index in [0.717, 1.165) is 46.9 Å². The van der Waals surface area contributed by atoms with Crippen LogP contribution in [0.1, 0.15) is 48.9 Å². The van der Waals surface area contributed by atoms with Gasteiger partial charge < -0.3 is 44.9 Å². The largest absolute Gasteiger partial charge is 0.542 e. The number of aromatic nitrogens is 1. The number of halogens is 11. The molecule has 5 rings (SSSR count). The molecule has 70 heavy (non-hydrogen) atoms. The summed E-state index contributed by atoms with van der Waals surface area (Å²) in [7, 11) is 2.19. The van der Waals surface area contributed by atoms with Crippen molar-refractivity contribution in [3.8, 4) is 5.75 Å². The number of hydrogen-bond acceptors (Lipinski definition) is 10. The maximum absolute atomic E-state index is 14.1. The number of guanidine groups is 1. The molecule has 1 saturated heterocycles. The van der Waals surface area contributed by atoms with Gasteiger partial charge in [0.05, 0.1) is 32.7 Å². The zero-order chi connectivity index (χ0) is 53.8. The van der Waals surface area contributed by atoms with Gasteiger partial charge in [-0.25, -0.2) is 23.0 Å². The van der Waals surface area contributed by atoms with Gasteiger partial charge in [0.1, 0.15) is 34.3 Å². The first-order valence-electron chi connectivity index (χ1n) is 20.5. The average molecular weight is 1070 g/mol. The van der Waals surface area contributed by atoms with Crippen LogP contribution in [0.25, 0.3) is 10.9 Å². The molecule has 0 bridgehead atoms. The van der Waals surface area contributed by atoms with Crippen molar-refractivity contribution in [1.82, 2.24) is 19.5 Å².